The molecule has 9 nitrogen and oxygen atoms in total. The van der Waals surface area contributed by atoms with Crippen LogP contribution in [0.25, 0.3) is 0 Å². The van der Waals surface area contributed by atoms with Crippen LogP contribution < -0.4 is 20.0 Å². The number of methoxy groups -OCH3 is 1. The fraction of sp³-hybridized carbons (Fsp3) is 0.346. The number of nitrogens with zero attached hydrogens (tertiary/aromatic N) is 6. The van der Waals surface area contributed by atoms with Crippen molar-refractivity contribution in [3.05, 3.63) is 64.3 Å². The number of hydrogen-bond donors (Lipinski definition) is 1. The molecule has 37 heavy (non-hydrogen) atoms. The molecule has 0 saturated carbocycles. The number of fused-ring (bicyclic) bond motifs is 1. The van der Waals surface area contributed by atoms with E-state index in [0.717, 1.165) is 31.0 Å². The fourth-order valence-electron chi connectivity index (χ4n) is 4.72. The van der Waals surface area contributed by atoms with Gasteiger partial charge in [0.05, 0.1) is 35.1 Å². The van der Waals surface area contributed by atoms with Gasteiger partial charge in [-0.1, -0.05) is 29.3 Å². The van der Waals surface area contributed by atoms with Crippen LogP contribution in [-0.4, -0.2) is 80.9 Å². The second kappa shape index (κ2) is 10.7. The highest BCUT2D eigenvalue weighted by molar-refractivity contribution is 6.40. The van der Waals surface area contributed by atoms with Gasteiger partial charge in [-0.15, -0.1) is 0 Å². The normalized spacial score (nSPS) is 18.2. The molecule has 0 spiro atoms. The molecule has 2 aliphatic heterocycles. The average molecular weight is 542 g/mol. The van der Waals surface area contributed by atoms with Crippen LogP contribution >= 0.6 is 23.2 Å². The monoisotopic (exact) mass is 541 g/mol. The number of carbonyl (C=O) groups excluding carboxylic acids is 1. The first kappa shape index (κ1) is 25.5. The first-order chi connectivity index (χ1) is 17.9. The van der Waals surface area contributed by atoms with Gasteiger partial charge >= 0.3 is 0 Å². The number of halogens is 2. The molecule has 0 bridgehead atoms. The Morgan fingerprint density at radius 1 is 1.08 bits per heavy atom. The van der Waals surface area contributed by atoms with Crippen LogP contribution in [0.3, 0.4) is 0 Å². The molecule has 1 saturated heterocycles. The van der Waals surface area contributed by atoms with Gasteiger partial charge in [-0.25, -0.2) is 4.98 Å². The third-order valence-corrected chi connectivity index (χ3v) is 7.40. The molecule has 1 atom stereocenters. The molecule has 0 aliphatic carbocycles. The van der Waals surface area contributed by atoms with Crippen LogP contribution in [0.1, 0.15) is 10.4 Å². The number of amides is 1. The lowest BCUT2D eigenvalue weighted by Gasteiger charge is -2.40. The fourth-order valence-corrected chi connectivity index (χ4v) is 5.32. The summed E-state index contributed by atoms with van der Waals surface area (Å²) in [5.74, 6) is 0.702. The summed E-state index contributed by atoms with van der Waals surface area (Å²) in [5, 5.41) is 4.07. The number of carbonyl (C=O) groups is 1. The van der Waals surface area contributed by atoms with Gasteiger partial charge < -0.3 is 19.9 Å². The number of piperazine rings is 1. The maximum Gasteiger partial charge on any atom is 0.265 e. The zero-order valence-corrected chi connectivity index (χ0v) is 22.5. The van der Waals surface area contributed by atoms with Crippen molar-refractivity contribution in [3.63, 3.8) is 0 Å². The minimum Gasteiger partial charge on any atom is -0.383 e. The number of anilines is 5. The van der Waals surface area contributed by atoms with E-state index in [1.54, 1.807) is 25.3 Å². The van der Waals surface area contributed by atoms with Crippen LogP contribution in [0.5, 0.6) is 0 Å². The molecular formula is C26H29Cl2N7O2. The van der Waals surface area contributed by atoms with Crippen molar-refractivity contribution in [2.75, 3.05) is 74.1 Å². The Hall–Kier alpha value is -3.11. The molecule has 1 amide bonds. The topological polar surface area (TPSA) is 77.1 Å². The summed E-state index contributed by atoms with van der Waals surface area (Å²) >= 11 is 12.7. The van der Waals surface area contributed by atoms with Gasteiger partial charge in [-0.3, -0.25) is 14.6 Å². The maximum atomic E-state index is 13.3. The van der Waals surface area contributed by atoms with Crippen molar-refractivity contribution in [1.82, 2.24) is 14.9 Å². The van der Waals surface area contributed by atoms with E-state index in [0.29, 0.717) is 45.7 Å². The molecule has 1 aromatic heterocycles. The Morgan fingerprint density at radius 3 is 2.51 bits per heavy atom. The lowest BCUT2D eigenvalue weighted by atomic mass is 10.1. The molecule has 11 heteroatoms. The second-order valence-corrected chi connectivity index (χ2v) is 10.1. The van der Waals surface area contributed by atoms with Gasteiger partial charge in [0.2, 0.25) is 5.95 Å². The third kappa shape index (κ3) is 5.17. The number of benzene rings is 2. The minimum absolute atomic E-state index is 0.252. The van der Waals surface area contributed by atoms with E-state index in [1.165, 1.54) is 11.1 Å². The largest absolute Gasteiger partial charge is 0.383 e. The predicted octanol–water partition coefficient (Wildman–Crippen LogP) is 4.35. The zero-order chi connectivity index (χ0) is 26.1. The van der Waals surface area contributed by atoms with E-state index < -0.39 is 0 Å². The van der Waals surface area contributed by atoms with Crippen molar-refractivity contribution in [3.8, 4) is 0 Å². The third-order valence-electron chi connectivity index (χ3n) is 6.79. The number of nitrogens with one attached hydrogen (secondary N) is 1. The average Bonchev–Trinajstić information content (AvgIpc) is 2.89. The van der Waals surface area contributed by atoms with Crippen LogP contribution in [0.15, 0.2) is 48.7 Å². The van der Waals surface area contributed by atoms with E-state index in [-0.39, 0.29) is 12.6 Å². The van der Waals surface area contributed by atoms with Crippen LogP contribution in [0, 0.1) is 0 Å². The molecule has 1 fully saturated rings. The second-order valence-electron chi connectivity index (χ2n) is 9.28. The number of ether oxygens (including phenoxy) is 1. The summed E-state index contributed by atoms with van der Waals surface area (Å²) in [7, 11) is 5.75. The molecule has 3 heterocycles. The lowest BCUT2D eigenvalue weighted by molar-refractivity contribution is 0.0981. The summed E-state index contributed by atoms with van der Waals surface area (Å²) in [5.41, 5.74) is 2.88. The Labute approximate surface area is 226 Å². The standard InChI is InChI=1S/C26H29Cl2N7O2/c1-32-11-12-34(14-19(32)15-37-3)18-9-7-17(8-10-18)30-26-29-13-20-24(31-26)33(2)16-35(25(20)36)23-21(27)5-4-6-22(23)28/h4-10,13,19H,11-12,14-16H2,1-3H3,(H,29,30,31)/t19-/m0/s1. The van der Waals surface area contributed by atoms with Gasteiger partial charge in [0.1, 0.15) is 11.4 Å². The highest BCUT2D eigenvalue weighted by Crippen LogP contribution is 2.37. The number of likely N-dealkylation sites (N-methyl/N-ethyl adjacent to an activating group) is 1. The molecular weight excluding hydrogens is 513 g/mol. The van der Waals surface area contributed by atoms with Crippen molar-refractivity contribution < 1.29 is 9.53 Å². The van der Waals surface area contributed by atoms with Crippen LogP contribution in [-0.2, 0) is 4.74 Å². The predicted molar refractivity (Wildman–Crippen MR) is 149 cm³/mol. The molecule has 3 aromatic rings. The van der Waals surface area contributed by atoms with Gasteiger partial charge in [-0.05, 0) is 43.4 Å². The molecule has 0 radical (unpaired) electrons. The first-order valence-corrected chi connectivity index (χ1v) is 12.8. The highest BCUT2D eigenvalue weighted by Gasteiger charge is 2.32. The Bertz CT molecular complexity index is 1270. The molecule has 5 rings (SSSR count). The number of rotatable bonds is 6. The van der Waals surface area contributed by atoms with Crippen molar-refractivity contribution in [2.45, 2.75) is 6.04 Å². The van der Waals surface area contributed by atoms with Crippen LogP contribution in [0.2, 0.25) is 10.0 Å². The van der Waals surface area contributed by atoms with E-state index in [9.17, 15) is 4.79 Å². The maximum absolute atomic E-state index is 13.3. The van der Waals surface area contributed by atoms with Crippen molar-refractivity contribution >= 4 is 57.9 Å². The van der Waals surface area contributed by atoms with E-state index in [1.807, 2.05) is 24.1 Å². The molecule has 194 valence electrons. The number of para-hydroxylation sites is 1. The molecule has 2 aliphatic rings. The summed E-state index contributed by atoms with van der Waals surface area (Å²) in [4.78, 5) is 30.4. The van der Waals surface area contributed by atoms with Crippen molar-refractivity contribution in [1.29, 1.82) is 0 Å². The van der Waals surface area contributed by atoms with Gasteiger partial charge in [-0.2, -0.15) is 4.98 Å². The van der Waals surface area contributed by atoms with Crippen molar-refractivity contribution in [2.24, 2.45) is 0 Å². The zero-order valence-electron chi connectivity index (χ0n) is 21.0. The van der Waals surface area contributed by atoms with Gasteiger partial charge in [0.15, 0.2) is 0 Å². The van der Waals surface area contributed by atoms with Crippen LogP contribution in [0.4, 0.5) is 28.8 Å². The SMILES string of the molecule is COC[C@@H]1CN(c2ccc(Nc3ncc4c(n3)N(C)CN(c3c(Cl)cccc3Cl)C4=O)cc2)CCN1C. The Morgan fingerprint density at radius 2 is 1.81 bits per heavy atom. The van der Waals surface area contributed by atoms with E-state index in [4.69, 9.17) is 27.9 Å². The summed E-state index contributed by atoms with van der Waals surface area (Å²) < 4.78 is 5.38. The number of hydrogen-bond acceptors (Lipinski definition) is 8. The smallest absolute Gasteiger partial charge is 0.265 e. The molecule has 0 unspecified atom stereocenters. The lowest BCUT2D eigenvalue weighted by Crippen LogP contribution is -2.53. The Balaban J connectivity index is 1.31. The van der Waals surface area contributed by atoms with E-state index in [2.05, 4.69) is 44.3 Å². The summed E-state index contributed by atoms with van der Waals surface area (Å²) in [6.07, 6.45) is 1.54. The minimum atomic E-state index is -0.252. The first-order valence-electron chi connectivity index (χ1n) is 12.0. The number of aromatic nitrogens is 2. The quantitative estimate of drug-likeness (QED) is 0.493. The van der Waals surface area contributed by atoms with E-state index >= 15 is 0 Å². The Kier molecular flexibility index (Phi) is 7.39. The van der Waals surface area contributed by atoms with Gasteiger partial charge in [0.25, 0.3) is 5.91 Å². The summed E-state index contributed by atoms with van der Waals surface area (Å²) in [6.45, 7) is 3.84. The highest BCUT2D eigenvalue weighted by atomic mass is 35.5. The van der Waals surface area contributed by atoms with Gasteiger partial charge in [0, 0.05) is 51.4 Å². The molecule has 1 N–H and O–H groups in total. The molecule has 2 aromatic carbocycles. The summed E-state index contributed by atoms with van der Waals surface area (Å²) in [6, 6.07) is 13.7.